The van der Waals surface area contributed by atoms with E-state index in [1.54, 1.807) is 18.2 Å². The molecule has 1 heterocycles. The van der Waals surface area contributed by atoms with E-state index in [9.17, 15) is 26.4 Å². The van der Waals surface area contributed by atoms with Crippen LogP contribution >= 0.6 is 0 Å². The highest BCUT2D eigenvalue weighted by atomic mass is 32.2. The molecule has 1 atom stereocenters. The number of methoxy groups -OCH3 is 1. The molecular weight excluding hydrogens is 418 g/mol. The maximum Gasteiger partial charge on any atom is 0.337 e. The van der Waals surface area contributed by atoms with Crippen LogP contribution in [0.25, 0.3) is 0 Å². The summed E-state index contributed by atoms with van der Waals surface area (Å²) in [4.78, 5) is 24.0. The Hall–Kier alpha value is -2.72. The van der Waals surface area contributed by atoms with E-state index in [-0.39, 0.29) is 33.9 Å². The standard InChI is InChI=1S/C19H19NO7S2/c1-27-19(22)14-3-2-4-15(11-14)20-18(21)13-5-7-16(8-6-13)29(25,26)17-9-10-28(23,24)12-17/h2-8,11,17H,9-10,12H2,1H3,(H,20,21)/t17-/m1/s1. The van der Waals surface area contributed by atoms with Gasteiger partial charge in [-0.05, 0) is 48.9 Å². The van der Waals surface area contributed by atoms with Gasteiger partial charge >= 0.3 is 5.97 Å². The SMILES string of the molecule is COC(=O)c1cccc(NC(=O)c2ccc(S(=O)(=O)[C@@H]3CCS(=O)(=O)C3)cc2)c1. The van der Waals surface area contributed by atoms with Crippen molar-refractivity contribution in [2.45, 2.75) is 16.6 Å². The molecule has 0 radical (unpaired) electrons. The van der Waals surface area contributed by atoms with Crippen molar-refractivity contribution in [2.75, 3.05) is 23.9 Å². The highest BCUT2D eigenvalue weighted by molar-refractivity contribution is 7.96. The molecule has 0 aliphatic carbocycles. The Kier molecular flexibility index (Phi) is 5.76. The maximum absolute atomic E-state index is 12.6. The summed E-state index contributed by atoms with van der Waals surface area (Å²) in [6.07, 6.45) is 0.0729. The van der Waals surface area contributed by atoms with E-state index in [1.807, 2.05) is 0 Å². The topological polar surface area (TPSA) is 124 Å². The van der Waals surface area contributed by atoms with Crippen molar-refractivity contribution in [3.8, 4) is 0 Å². The molecule has 1 fully saturated rings. The zero-order chi connectivity index (χ0) is 21.2. The number of benzene rings is 2. The molecule has 0 unspecified atom stereocenters. The fourth-order valence-corrected chi connectivity index (χ4v) is 7.40. The monoisotopic (exact) mass is 437 g/mol. The van der Waals surface area contributed by atoms with E-state index in [1.165, 1.54) is 37.4 Å². The van der Waals surface area contributed by atoms with Crippen LogP contribution in [-0.4, -0.2) is 52.6 Å². The molecule has 3 rings (SSSR count). The smallest absolute Gasteiger partial charge is 0.337 e. The predicted octanol–water partition coefficient (Wildman–Crippen LogP) is 1.69. The third kappa shape index (κ3) is 4.65. The summed E-state index contributed by atoms with van der Waals surface area (Å²) >= 11 is 0. The van der Waals surface area contributed by atoms with Gasteiger partial charge in [0.2, 0.25) is 0 Å². The minimum Gasteiger partial charge on any atom is -0.465 e. The van der Waals surface area contributed by atoms with Crippen LogP contribution in [0.5, 0.6) is 0 Å². The first kappa shape index (κ1) is 21.0. The molecule has 0 saturated carbocycles. The van der Waals surface area contributed by atoms with E-state index < -0.39 is 36.8 Å². The third-order valence-electron chi connectivity index (χ3n) is 4.62. The van der Waals surface area contributed by atoms with Gasteiger partial charge in [-0.2, -0.15) is 0 Å². The van der Waals surface area contributed by atoms with Crippen LogP contribution in [0, 0.1) is 0 Å². The second kappa shape index (κ2) is 7.96. The van der Waals surface area contributed by atoms with Crippen molar-refractivity contribution in [1.29, 1.82) is 0 Å². The number of anilines is 1. The number of sulfone groups is 2. The summed E-state index contributed by atoms with van der Waals surface area (Å²) in [5, 5.41) is 1.66. The number of rotatable bonds is 5. The lowest BCUT2D eigenvalue weighted by atomic mass is 10.1. The molecule has 1 saturated heterocycles. The van der Waals surface area contributed by atoms with Crippen LogP contribution in [0.2, 0.25) is 0 Å². The van der Waals surface area contributed by atoms with E-state index in [2.05, 4.69) is 10.1 Å². The molecule has 0 spiro atoms. The molecule has 1 aliphatic heterocycles. The normalized spacial score (nSPS) is 18.2. The molecule has 2 aromatic rings. The van der Waals surface area contributed by atoms with Gasteiger partial charge in [0.15, 0.2) is 19.7 Å². The molecule has 154 valence electrons. The van der Waals surface area contributed by atoms with E-state index >= 15 is 0 Å². The highest BCUT2D eigenvalue weighted by Gasteiger charge is 2.38. The van der Waals surface area contributed by atoms with Gasteiger partial charge in [0.1, 0.15) is 0 Å². The van der Waals surface area contributed by atoms with Gasteiger partial charge in [-0.1, -0.05) is 6.07 Å². The predicted molar refractivity (Wildman–Crippen MR) is 106 cm³/mol. The van der Waals surface area contributed by atoms with Gasteiger partial charge in [0, 0.05) is 11.3 Å². The van der Waals surface area contributed by atoms with Crippen molar-refractivity contribution >= 4 is 37.2 Å². The molecule has 2 aromatic carbocycles. The minimum absolute atomic E-state index is 0.0242. The quantitative estimate of drug-likeness (QED) is 0.706. The van der Waals surface area contributed by atoms with Gasteiger partial charge in [0.05, 0.1) is 34.3 Å². The molecular formula is C19H19NO7S2. The van der Waals surface area contributed by atoms with Gasteiger partial charge in [0.25, 0.3) is 5.91 Å². The number of hydrogen-bond acceptors (Lipinski definition) is 7. The average Bonchev–Trinajstić information content (AvgIpc) is 3.08. The van der Waals surface area contributed by atoms with Crippen molar-refractivity contribution in [3.63, 3.8) is 0 Å². The lowest BCUT2D eigenvalue weighted by molar-refractivity contribution is 0.0600. The number of carbonyl (C=O) groups excluding carboxylic acids is 2. The fraction of sp³-hybridized carbons (Fsp3) is 0.263. The summed E-state index contributed by atoms with van der Waals surface area (Å²) in [6.45, 7) is 0. The first-order valence-corrected chi connectivity index (χ1v) is 12.0. The molecule has 29 heavy (non-hydrogen) atoms. The van der Waals surface area contributed by atoms with Gasteiger partial charge in [-0.15, -0.1) is 0 Å². The van der Waals surface area contributed by atoms with Crippen molar-refractivity contribution in [1.82, 2.24) is 0 Å². The van der Waals surface area contributed by atoms with Crippen LogP contribution in [0.3, 0.4) is 0 Å². The number of ether oxygens (including phenoxy) is 1. The summed E-state index contributed by atoms with van der Waals surface area (Å²) in [5.41, 5.74) is 0.871. The van der Waals surface area contributed by atoms with E-state index in [0.717, 1.165) is 0 Å². The lowest BCUT2D eigenvalue weighted by Gasteiger charge is -2.11. The zero-order valence-corrected chi connectivity index (χ0v) is 17.1. The Balaban J connectivity index is 1.75. The van der Waals surface area contributed by atoms with Crippen molar-refractivity contribution in [2.24, 2.45) is 0 Å². The zero-order valence-electron chi connectivity index (χ0n) is 15.5. The van der Waals surface area contributed by atoms with Crippen LogP contribution in [0.1, 0.15) is 27.1 Å². The van der Waals surface area contributed by atoms with Gasteiger partial charge in [-0.25, -0.2) is 21.6 Å². The molecule has 1 N–H and O–H groups in total. The third-order valence-corrected chi connectivity index (χ3v) is 8.80. The molecule has 8 nitrogen and oxygen atoms in total. The number of hydrogen-bond donors (Lipinski definition) is 1. The number of amides is 1. The first-order valence-electron chi connectivity index (χ1n) is 8.66. The molecule has 10 heteroatoms. The largest absolute Gasteiger partial charge is 0.465 e. The lowest BCUT2D eigenvalue weighted by Crippen LogP contribution is -2.23. The summed E-state index contributed by atoms with van der Waals surface area (Å²) < 4.78 is 53.0. The number of nitrogens with one attached hydrogen (secondary N) is 1. The van der Waals surface area contributed by atoms with Gasteiger partial charge in [-0.3, -0.25) is 4.79 Å². The number of esters is 1. The Bertz CT molecular complexity index is 1150. The van der Waals surface area contributed by atoms with Crippen LogP contribution < -0.4 is 5.32 Å². The van der Waals surface area contributed by atoms with Gasteiger partial charge < -0.3 is 10.1 Å². The fourth-order valence-electron chi connectivity index (χ4n) is 3.04. The minimum atomic E-state index is -3.79. The molecule has 0 aromatic heterocycles. The highest BCUT2D eigenvalue weighted by Crippen LogP contribution is 2.25. The summed E-state index contributed by atoms with van der Waals surface area (Å²) in [7, 11) is -5.87. The van der Waals surface area contributed by atoms with Crippen molar-refractivity contribution < 1.29 is 31.2 Å². The van der Waals surface area contributed by atoms with Crippen LogP contribution in [-0.2, 0) is 24.4 Å². The average molecular weight is 437 g/mol. The Labute approximate surface area is 168 Å². The molecule has 1 aliphatic rings. The van der Waals surface area contributed by atoms with Crippen molar-refractivity contribution in [3.05, 3.63) is 59.7 Å². The first-order chi connectivity index (χ1) is 13.6. The Morgan fingerprint density at radius 3 is 2.34 bits per heavy atom. The van der Waals surface area contributed by atoms with Crippen LogP contribution in [0.15, 0.2) is 53.4 Å². The summed E-state index contributed by atoms with van der Waals surface area (Å²) in [6, 6.07) is 11.5. The van der Waals surface area contributed by atoms with E-state index in [0.29, 0.717) is 5.69 Å². The van der Waals surface area contributed by atoms with Crippen LogP contribution in [0.4, 0.5) is 5.69 Å². The summed E-state index contributed by atoms with van der Waals surface area (Å²) in [5.74, 6) is -1.54. The second-order valence-electron chi connectivity index (χ2n) is 6.62. The maximum atomic E-state index is 12.6. The van der Waals surface area contributed by atoms with E-state index in [4.69, 9.17) is 0 Å². The molecule has 0 bridgehead atoms. The molecule has 1 amide bonds. The Morgan fingerprint density at radius 2 is 1.76 bits per heavy atom. The Morgan fingerprint density at radius 1 is 1.07 bits per heavy atom. The second-order valence-corrected chi connectivity index (χ2v) is 11.1. The number of carbonyl (C=O) groups is 2.